The summed E-state index contributed by atoms with van der Waals surface area (Å²) in [6, 6.07) is 7.48. The molecular formula is C22H25ClN6O2. The summed E-state index contributed by atoms with van der Waals surface area (Å²) in [5.74, 6) is 0.598. The van der Waals surface area contributed by atoms with Crippen LogP contribution in [0.5, 0.6) is 0 Å². The Kier molecular flexibility index (Phi) is 6.18. The number of benzene rings is 1. The molecule has 162 valence electrons. The third-order valence-electron chi connectivity index (χ3n) is 5.55. The smallest absolute Gasteiger partial charge is 0.229 e. The van der Waals surface area contributed by atoms with E-state index in [2.05, 4.69) is 15.3 Å². The Bertz CT molecular complexity index is 1080. The minimum absolute atomic E-state index is 0.00874. The molecule has 0 radical (unpaired) electrons. The first-order chi connectivity index (χ1) is 14.9. The second kappa shape index (κ2) is 9.01. The molecule has 1 unspecified atom stereocenters. The van der Waals surface area contributed by atoms with Crippen molar-refractivity contribution in [2.75, 3.05) is 25.5 Å². The van der Waals surface area contributed by atoms with Gasteiger partial charge in [-0.3, -0.25) is 4.79 Å². The molecule has 0 bridgehead atoms. The highest BCUT2D eigenvalue weighted by molar-refractivity contribution is 6.30. The number of hydrogen-bond acceptors (Lipinski definition) is 7. The number of nitrogens with zero attached hydrogens (tertiary/aromatic N) is 6. The second-order valence-electron chi connectivity index (χ2n) is 7.95. The van der Waals surface area contributed by atoms with Gasteiger partial charge in [0.05, 0.1) is 18.2 Å². The number of hydrogen-bond donors (Lipinski definition) is 0. The van der Waals surface area contributed by atoms with Crippen molar-refractivity contribution in [1.82, 2.24) is 25.2 Å². The summed E-state index contributed by atoms with van der Waals surface area (Å²) in [5.41, 5.74) is 3.86. The number of carbonyl (C=O) groups is 1. The molecule has 8 nitrogen and oxygen atoms in total. The van der Waals surface area contributed by atoms with Gasteiger partial charge < -0.3 is 9.80 Å². The fraction of sp³-hybridized carbons (Fsp3) is 0.409. The zero-order valence-electron chi connectivity index (χ0n) is 17.9. The molecule has 3 aromatic rings. The van der Waals surface area contributed by atoms with Crippen molar-refractivity contribution in [2.24, 2.45) is 0 Å². The average molecular weight is 441 g/mol. The van der Waals surface area contributed by atoms with Crippen LogP contribution in [0.25, 0.3) is 11.1 Å². The maximum Gasteiger partial charge on any atom is 0.229 e. The SMILES string of the molecule is Cc1nonc1CC(=O)N1CCCCC1c1nc(N(C)C)ncc1-c1cccc(Cl)c1. The van der Waals surface area contributed by atoms with E-state index >= 15 is 0 Å². The molecule has 3 heterocycles. The van der Waals surface area contributed by atoms with E-state index in [0.29, 0.717) is 28.9 Å². The van der Waals surface area contributed by atoms with Crippen LogP contribution in [-0.4, -0.2) is 51.7 Å². The largest absolute Gasteiger partial charge is 0.347 e. The molecule has 0 aliphatic carbocycles. The van der Waals surface area contributed by atoms with Gasteiger partial charge in [-0.2, -0.15) is 0 Å². The fourth-order valence-electron chi connectivity index (χ4n) is 3.90. The van der Waals surface area contributed by atoms with E-state index in [4.69, 9.17) is 21.2 Å². The molecule has 1 aromatic carbocycles. The normalized spacial score (nSPS) is 16.4. The molecule has 1 amide bonds. The van der Waals surface area contributed by atoms with E-state index < -0.39 is 0 Å². The van der Waals surface area contributed by atoms with Crippen LogP contribution in [0.4, 0.5) is 5.95 Å². The van der Waals surface area contributed by atoms with Crippen LogP contribution >= 0.6 is 11.6 Å². The maximum absolute atomic E-state index is 13.3. The maximum atomic E-state index is 13.3. The second-order valence-corrected chi connectivity index (χ2v) is 8.38. The molecule has 1 aliphatic rings. The van der Waals surface area contributed by atoms with Gasteiger partial charge in [-0.15, -0.1) is 0 Å². The predicted octanol–water partition coefficient (Wildman–Crippen LogP) is 3.85. The standard InChI is InChI=1S/C22H25ClN6O2/c1-14-18(27-31-26-14)12-20(30)29-10-5-4-9-19(29)21-17(13-24-22(25-21)28(2)3)15-7-6-8-16(23)11-15/h6-8,11,13,19H,4-5,9-10,12H2,1-3H3. The Labute approximate surface area is 186 Å². The Morgan fingerprint density at radius 2 is 2.13 bits per heavy atom. The number of amides is 1. The fourth-order valence-corrected chi connectivity index (χ4v) is 4.09. The lowest BCUT2D eigenvalue weighted by molar-refractivity contribution is -0.134. The lowest BCUT2D eigenvalue weighted by Crippen LogP contribution is -2.40. The van der Waals surface area contributed by atoms with Crippen LogP contribution in [0.3, 0.4) is 0 Å². The van der Waals surface area contributed by atoms with Crippen molar-refractivity contribution in [3.05, 3.63) is 52.6 Å². The van der Waals surface area contributed by atoms with E-state index in [-0.39, 0.29) is 18.4 Å². The Balaban J connectivity index is 1.74. The summed E-state index contributed by atoms with van der Waals surface area (Å²) in [6.07, 6.45) is 4.79. The molecule has 2 aromatic heterocycles. The number of aryl methyl sites for hydroxylation is 1. The van der Waals surface area contributed by atoms with Crippen molar-refractivity contribution >= 4 is 23.5 Å². The molecule has 1 aliphatic heterocycles. The quantitative estimate of drug-likeness (QED) is 0.595. The minimum atomic E-state index is -0.155. The predicted molar refractivity (Wildman–Crippen MR) is 118 cm³/mol. The van der Waals surface area contributed by atoms with Crippen molar-refractivity contribution in [2.45, 2.75) is 38.6 Å². The zero-order valence-corrected chi connectivity index (χ0v) is 18.6. The monoisotopic (exact) mass is 440 g/mol. The Morgan fingerprint density at radius 3 is 2.84 bits per heavy atom. The number of piperidine rings is 1. The van der Waals surface area contributed by atoms with Crippen LogP contribution in [-0.2, 0) is 11.2 Å². The molecule has 1 saturated heterocycles. The zero-order chi connectivity index (χ0) is 22.0. The van der Waals surface area contributed by atoms with E-state index in [0.717, 1.165) is 36.1 Å². The lowest BCUT2D eigenvalue weighted by Gasteiger charge is -2.36. The third kappa shape index (κ3) is 4.54. The summed E-state index contributed by atoms with van der Waals surface area (Å²) in [6.45, 7) is 2.46. The average Bonchev–Trinajstić information content (AvgIpc) is 3.17. The molecule has 4 rings (SSSR count). The van der Waals surface area contributed by atoms with E-state index in [9.17, 15) is 4.79 Å². The van der Waals surface area contributed by atoms with Crippen molar-refractivity contribution in [3.8, 4) is 11.1 Å². The molecule has 0 N–H and O–H groups in total. The van der Waals surface area contributed by atoms with Crippen LogP contribution in [0.15, 0.2) is 35.1 Å². The van der Waals surface area contributed by atoms with Crippen LogP contribution in [0.1, 0.15) is 42.4 Å². The van der Waals surface area contributed by atoms with Gasteiger partial charge in [-0.05, 0) is 43.9 Å². The van der Waals surface area contributed by atoms with Crippen LogP contribution in [0, 0.1) is 6.92 Å². The molecule has 31 heavy (non-hydrogen) atoms. The van der Waals surface area contributed by atoms with Crippen molar-refractivity contribution in [3.63, 3.8) is 0 Å². The van der Waals surface area contributed by atoms with Gasteiger partial charge in [-0.25, -0.2) is 14.6 Å². The highest BCUT2D eigenvalue weighted by Gasteiger charge is 2.32. The summed E-state index contributed by atoms with van der Waals surface area (Å²) in [7, 11) is 3.81. The van der Waals surface area contributed by atoms with Crippen LogP contribution in [0.2, 0.25) is 5.02 Å². The first kappa shape index (κ1) is 21.2. The Hall–Kier alpha value is -3.00. The number of carbonyl (C=O) groups excluding carboxylic acids is 1. The molecule has 0 saturated carbocycles. The van der Waals surface area contributed by atoms with E-state index in [1.165, 1.54) is 0 Å². The van der Waals surface area contributed by atoms with E-state index in [1.807, 2.05) is 54.4 Å². The molecule has 1 atom stereocenters. The van der Waals surface area contributed by atoms with Gasteiger partial charge in [0.25, 0.3) is 0 Å². The lowest BCUT2D eigenvalue weighted by atomic mass is 9.93. The van der Waals surface area contributed by atoms with E-state index in [1.54, 1.807) is 6.92 Å². The number of aromatic nitrogens is 4. The highest BCUT2D eigenvalue weighted by atomic mass is 35.5. The molecule has 0 spiro atoms. The molecule has 1 fully saturated rings. The number of likely N-dealkylation sites (tertiary alicyclic amines) is 1. The van der Waals surface area contributed by atoms with Gasteiger partial charge in [0.2, 0.25) is 11.9 Å². The van der Waals surface area contributed by atoms with Crippen molar-refractivity contribution in [1.29, 1.82) is 0 Å². The van der Waals surface area contributed by atoms with Gasteiger partial charge in [0.1, 0.15) is 11.4 Å². The summed E-state index contributed by atoms with van der Waals surface area (Å²) in [4.78, 5) is 26.4. The Morgan fingerprint density at radius 1 is 1.29 bits per heavy atom. The van der Waals surface area contributed by atoms with Gasteiger partial charge >= 0.3 is 0 Å². The summed E-state index contributed by atoms with van der Waals surface area (Å²) in [5, 5.41) is 8.31. The van der Waals surface area contributed by atoms with Gasteiger partial charge in [0.15, 0.2) is 0 Å². The minimum Gasteiger partial charge on any atom is -0.347 e. The highest BCUT2D eigenvalue weighted by Crippen LogP contribution is 2.37. The molecule has 9 heteroatoms. The topological polar surface area (TPSA) is 88.2 Å². The first-order valence-electron chi connectivity index (χ1n) is 10.3. The number of halogens is 1. The van der Waals surface area contributed by atoms with Crippen LogP contribution < -0.4 is 4.90 Å². The molecular weight excluding hydrogens is 416 g/mol. The van der Waals surface area contributed by atoms with Gasteiger partial charge in [-0.1, -0.05) is 34.0 Å². The van der Waals surface area contributed by atoms with Crippen molar-refractivity contribution < 1.29 is 9.42 Å². The number of rotatable bonds is 5. The van der Waals surface area contributed by atoms with Gasteiger partial charge in [0, 0.05) is 37.4 Å². The first-order valence-corrected chi connectivity index (χ1v) is 10.7. The number of anilines is 1. The summed E-state index contributed by atoms with van der Waals surface area (Å²) >= 11 is 6.25. The third-order valence-corrected chi connectivity index (χ3v) is 5.78. The summed E-state index contributed by atoms with van der Waals surface area (Å²) < 4.78 is 4.77.